The van der Waals surface area contributed by atoms with Crippen molar-refractivity contribution >= 4 is 39.6 Å². The lowest BCUT2D eigenvalue weighted by molar-refractivity contribution is -0.147. The Morgan fingerprint density at radius 2 is 2.15 bits per heavy atom. The van der Waals surface area contributed by atoms with E-state index in [0.717, 1.165) is 14.9 Å². The number of rotatable bonds is 7. The number of amides is 1. The van der Waals surface area contributed by atoms with Gasteiger partial charge in [0, 0.05) is 22.3 Å². The molecule has 0 aliphatic carbocycles. The molecule has 1 atom stereocenters. The van der Waals surface area contributed by atoms with Crippen LogP contribution in [0.5, 0.6) is 0 Å². The molecule has 110 valence electrons. The average Bonchev–Trinajstić information content (AvgIpc) is 2.37. The molecule has 0 aliphatic heterocycles. The second kappa shape index (κ2) is 8.28. The number of thioether (sulfide) groups is 1. The third kappa shape index (κ3) is 5.94. The van der Waals surface area contributed by atoms with Gasteiger partial charge in [0.15, 0.2) is 6.10 Å². The van der Waals surface area contributed by atoms with Crippen molar-refractivity contribution in [3.05, 3.63) is 28.2 Å². The quantitative estimate of drug-likeness (QED) is 0.644. The van der Waals surface area contributed by atoms with Crippen LogP contribution < -0.4 is 5.32 Å². The fourth-order valence-electron chi connectivity index (χ4n) is 1.44. The number of benzene rings is 1. The van der Waals surface area contributed by atoms with E-state index in [4.69, 9.17) is 10.2 Å². The van der Waals surface area contributed by atoms with Crippen LogP contribution in [-0.2, 0) is 9.59 Å². The van der Waals surface area contributed by atoms with Gasteiger partial charge in [-0.05, 0) is 30.7 Å². The average molecular weight is 362 g/mol. The lowest BCUT2D eigenvalue weighted by atomic mass is 10.2. The van der Waals surface area contributed by atoms with Crippen LogP contribution in [0.4, 0.5) is 0 Å². The Kier molecular flexibility index (Phi) is 7.04. The van der Waals surface area contributed by atoms with Gasteiger partial charge < -0.3 is 15.5 Å². The van der Waals surface area contributed by atoms with Crippen LogP contribution in [0, 0.1) is 6.92 Å². The summed E-state index contributed by atoms with van der Waals surface area (Å²) in [6.07, 6.45) is -1.43. The van der Waals surface area contributed by atoms with Crippen molar-refractivity contribution < 1.29 is 19.8 Å². The molecule has 0 heterocycles. The molecule has 1 amide bonds. The van der Waals surface area contributed by atoms with Crippen molar-refractivity contribution in [1.82, 2.24) is 5.32 Å². The summed E-state index contributed by atoms with van der Waals surface area (Å²) in [7, 11) is 0. The van der Waals surface area contributed by atoms with Crippen molar-refractivity contribution in [2.75, 3.05) is 12.3 Å². The zero-order valence-corrected chi connectivity index (χ0v) is 13.3. The molecule has 1 aromatic rings. The zero-order valence-electron chi connectivity index (χ0n) is 10.9. The molecule has 0 saturated carbocycles. The smallest absolute Gasteiger partial charge is 0.332 e. The van der Waals surface area contributed by atoms with E-state index < -0.39 is 12.1 Å². The van der Waals surface area contributed by atoms with Gasteiger partial charge in [-0.2, -0.15) is 0 Å². The lowest BCUT2D eigenvalue weighted by Gasteiger charge is -2.08. The van der Waals surface area contributed by atoms with Crippen molar-refractivity contribution in [2.24, 2.45) is 0 Å². The number of nitrogens with one attached hydrogen (secondary N) is 1. The predicted octanol–water partition coefficient (Wildman–Crippen LogP) is 1.80. The maximum Gasteiger partial charge on any atom is 0.332 e. The minimum atomic E-state index is -1.43. The highest BCUT2D eigenvalue weighted by Crippen LogP contribution is 2.24. The van der Waals surface area contributed by atoms with Crippen LogP contribution in [0.3, 0.4) is 0 Å². The first kappa shape index (κ1) is 17.0. The molecule has 7 heteroatoms. The maximum absolute atomic E-state index is 11.6. The summed E-state index contributed by atoms with van der Waals surface area (Å²) in [5.74, 6) is -1.21. The van der Waals surface area contributed by atoms with Gasteiger partial charge in [-0.15, -0.1) is 11.8 Å². The fourth-order valence-corrected chi connectivity index (χ4v) is 2.76. The third-order valence-electron chi connectivity index (χ3n) is 2.52. The third-order valence-corrected chi connectivity index (χ3v) is 4.19. The number of carbonyl (C=O) groups is 2. The normalized spacial score (nSPS) is 11.9. The van der Waals surface area contributed by atoms with E-state index in [0.29, 0.717) is 0 Å². The summed E-state index contributed by atoms with van der Waals surface area (Å²) in [6, 6.07) is 5.82. The Hall–Kier alpha value is -1.05. The molecule has 5 nitrogen and oxygen atoms in total. The summed E-state index contributed by atoms with van der Waals surface area (Å²) in [4.78, 5) is 23.0. The van der Waals surface area contributed by atoms with E-state index in [1.54, 1.807) is 0 Å². The van der Waals surface area contributed by atoms with Crippen LogP contribution in [0.15, 0.2) is 27.6 Å². The van der Waals surface area contributed by atoms with Crippen molar-refractivity contribution in [3.8, 4) is 0 Å². The van der Waals surface area contributed by atoms with Crippen LogP contribution in [0.25, 0.3) is 0 Å². The van der Waals surface area contributed by atoms with Crippen LogP contribution >= 0.6 is 27.7 Å². The molecule has 0 radical (unpaired) electrons. The molecule has 1 rings (SSSR count). The molecule has 0 aliphatic rings. The SMILES string of the molecule is Cc1cc(Br)ccc1SCC(=O)NCC[C@H](O)C(=O)O. The van der Waals surface area contributed by atoms with E-state index in [1.807, 2.05) is 25.1 Å². The summed E-state index contributed by atoms with van der Waals surface area (Å²) in [5, 5.41) is 20.1. The number of aliphatic hydroxyl groups excluding tert-OH is 1. The van der Waals surface area contributed by atoms with Gasteiger partial charge in [-0.3, -0.25) is 4.79 Å². The summed E-state index contributed by atoms with van der Waals surface area (Å²) in [5.41, 5.74) is 1.08. The number of hydrogen-bond acceptors (Lipinski definition) is 4. The van der Waals surface area contributed by atoms with Crippen molar-refractivity contribution in [3.63, 3.8) is 0 Å². The largest absolute Gasteiger partial charge is 0.479 e. The fraction of sp³-hybridized carbons (Fsp3) is 0.385. The number of halogens is 1. The first-order valence-corrected chi connectivity index (χ1v) is 7.74. The van der Waals surface area contributed by atoms with Gasteiger partial charge >= 0.3 is 5.97 Å². The minimum Gasteiger partial charge on any atom is -0.479 e. The van der Waals surface area contributed by atoms with Gasteiger partial charge in [0.2, 0.25) is 5.91 Å². The van der Waals surface area contributed by atoms with Crippen molar-refractivity contribution in [2.45, 2.75) is 24.3 Å². The van der Waals surface area contributed by atoms with E-state index >= 15 is 0 Å². The maximum atomic E-state index is 11.6. The van der Waals surface area contributed by atoms with Gasteiger partial charge in [0.1, 0.15) is 0 Å². The number of aliphatic hydroxyl groups is 1. The number of aliphatic carboxylic acids is 1. The van der Waals surface area contributed by atoms with E-state index in [-0.39, 0.29) is 24.6 Å². The Labute approximate surface area is 129 Å². The molecule has 1 aromatic carbocycles. The Morgan fingerprint density at radius 1 is 1.45 bits per heavy atom. The Morgan fingerprint density at radius 3 is 2.75 bits per heavy atom. The van der Waals surface area contributed by atoms with Crippen LogP contribution in [-0.4, -0.2) is 40.5 Å². The second-order valence-electron chi connectivity index (χ2n) is 4.19. The van der Waals surface area contributed by atoms with Gasteiger partial charge in [0.25, 0.3) is 0 Å². The Bertz CT molecular complexity index is 495. The Balaban J connectivity index is 2.31. The lowest BCUT2D eigenvalue weighted by Crippen LogP contribution is -2.31. The monoisotopic (exact) mass is 361 g/mol. The van der Waals surface area contributed by atoms with E-state index in [9.17, 15) is 9.59 Å². The molecule has 0 fully saturated rings. The number of aryl methyl sites for hydroxylation is 1. The molecule has 0 unspecified atom stereocenters. The molecule has 0 aromatic heterocycles. The first-order valence-electron chi connectivity index (χ1n) is 5.96. The molecule has 0 spiro atoms. The summed E-state index contributed by atoms with van der Waals surface area (Å²) < 4.78 is 0.992. The minimum absolute atomic E-state index is 0.00303. The van der Waals surface area contributed by atoms with Gasteiger partial charge in [-0.1, -0.05) is 15.9 Å². The molecule has 3 N–H and O–H groups in total. The standard InChI is InChI=1S/C13H16BrNO4S/c1-8-6-9(14)2-3-11(8)20-7-12(17)15-5-4-10(16)13(18)19/h2-3,6,10,16H,4-5,7H2,1H3,(H,15,17)(H,18,19)/t10-/m0/s1. The number of carbonyl (C=O) groups excluding carboxylic acids is 1. The zero-order chi connectivity index (χ0) is 15.1. The van der Waals surface area contributed by atoms with Crippen LogP contribution in [0.1, 0.15) is 12.0 Å². The summed E-state index contributed by atoms with van der Waals surface area (Å²) >= 11 is 4.79. The molecular formula is C13H16BrNO4S. The van der Waals surface area contributed by atoms with Gasteiger partial charge in [-0.25, -0.2) is 4.79 Å². The number of carboxylic acids is 1. The van der Waals surface area contributed by atoms with E-state index in [1.165, 1.54) is 11.8 Å². The summed E-state index contributed by atoms with van der Waals surface area (Å²) in [6.45, 7) is 2.11. The highest BCUT2D eigenvalue weighted by molar-refractivity contribution is 9.10. The molecular weight excluding hydrogens is 346 g/mol. The van der Waals surface area contributed by atoms with Crippen molar-refractivity contribution in [1.29, 1.82) is 0 Å². The first-order chi connectivity index (χ1) is 9.40. The number of hydrogen-bond donors (Lipinski definition) is 3. The highest BCUT2D eigenvalue weighted by atomic mass is 79.9. The highest BCUT2D eigenvalue weighted by Gasteiger charge is 2.13. The molecule has 0 saturated heterocycles. The van der Waals surface area contributed by atoms with Crippen LogP contribution in [0.2, 0.25) is 0 Å². The molecule has 0 bridgehead atoms. The van der Waals surface area contributed by atoms with Gasteiger partial charge in [0.05, 0.1) is 5.75 Å². The topological polar surface area (TPSA) is 86.6 Å². The second-order valence-corrected chi connectivity index (χ2v) is 6.12. The number of carboxylic acid groups (broad SMARTS) is 1. The predicted molar refractivity (Wildman–Crippen MR) is 80.9 cm³/mol. The van der Waals surface area contributed by atoms with E-state index in [2.05, 4.69) is 21.2 Å². The molecule has 20 heavy (non-hydrogen) atoms.